The van der Waals surface area contributed by atoms with Crippen LogP contribution in [0.5, 0.6) is 0 Å². The fourth-order valence-electron chi connectivity index (χ4n) is 4.97. The SMILES string of the molecule is O=C(c1cccc(Br)c1)N(CC(=O)N1c2ccccc2-n2cccc2C1c1ccccc1)C1CC1. The lowest BCUT2D eigenvalue weighted by atomic mass is 9.97. The van der Waals surface area contributed by atoms with Crippen LogP contribution in [0, 0.1) is 0 Å². The number of benzene rings is 3. The lowest BCUT2D eigenvalue weighted by Gasteiger charge is -2.39. The number of hydrogen-bond acceptors (Lipinski definition) is 2. The zero-order valence-electron chi connectivity index (χ0n) is 19.0. The topological polar surface area (TPSA) is 45.6 Å². The number of amides is 2. The van der Waals surface area contributed by atoms with Crippen LogP contribution in [0.4, 0.5) is 5.69 Å². The molecule has 1 unspecified atom stereocenters. The van der Waals surface area contributed by atoms with Crippen molar-refractivity contribution in [2.75, 3.05) is 11.4 Å². The van der Waals surface area contributed by atoms with E-state index in [0.717, 1.165) is 39.9 Å². The van der Waals surface area contributed by atoms with Crippen LogP contribution >= 0.6 is 15.9 Å². The van der Waals surface area contributed by atoms with Gasteiger partial charge in [-0.1, -0.05) is 64.5 Å². The van der Waals surface area contributed by atoms with Gasteiger partial charge < -0.3 is 9.47 Å². The average Bonchev–Trinajstić information content (AvgIpc) is 3.61. The lowest BCUT2D eigenvalue weighted by molar-refractivity contribution is -0.119. The minimum Gasteiger partial charge on any atom is -0.326 e. The number of hydrogen-bond donors (Lipinski definition) is 0. The highest BCUT2D eigenvalue weighted by Gasteiger charge is 2.40. The van der Waals surface area contributed by atoms with Gasteiger partial charge in [-0.05, 0) is 60.9 Å². The molecule has 2 heterocycles. The van der Waals surface area contributed by atoms with Gasteiger partial charge in [0.15, 0.2) is 0 Å². The molecule has 0 N–H and O–H groups in total. The highest BCUT2D eigenvalue weighted by atomic mass is 79.9. The molecule has 2 aliphatic rings. The third-order valence-electron chi connectivity index (χ3n) is 6.73. The molecular formula is C29H24BrN3O2. The predicted octanol–water partition coefficient (Wildman–Crippen LogP) is 5.98. The lowest BCUT2D eigenvalue weighted by Crippen LogP contribution is -2.47. The van der Waals surface area contributed by atoms with Gasteiger partial charge >= 0.3 is 0 Å². The van der Waals surface area contributed by atoms with Crippen molar-refractivity contribution in [3.63, 3.8) is 0 Å². The number of para-hydroxylation sites is 2. The second kappa shape index (κ2) is 8.86. The fraction of sp³-hybridized carbons (Fsp3) is 0.172. The van der Waals surface area contributed by atoms with E-state index in [0.29, 0.717) is 5.56 Å². The summed E-state index contributed by atoms with van der Waals surface area (Å²) in [6.07, 6.45) is 3.89. The Labute approximate surface area is 212 Å². The van der Waals surface area contributed by atoms with Crippen LogP contribution < -0.4 is 4.90 Å². The summed E-state index contributed by atoms with van der Waals surface area (Å²) in [5.74, 6) is -0.193. The van der Waals surface area contributed by atoms with E-state index in [-0.39, 0.29) is 30.4 Å². The molecule has 5 nitrogen and oxygen atoms in total. The van der Waals surface area contributed by atoms with Gasteiger partial charge in [-0.15, -0.1) is 0 Å². The zero-order valence-corrected chi connectivity index (χ0v) is 20.6. The molecule has 1 aliphatic carbocycles. The van der Waals surface area contributed by atoms with Crippen molar-refractivity contribution in [2.24, 2.45) is 0 Å². The van der Waals surface area contributed by atoms with Crippen LogP contribution in [0.25, 0.3) is 5.69 Å². The Bertz CT molecular complexity index is 1410. The summed E-state index contributed by atoms with van der Waals surface area (Å²) in [4.78, 5) is 31.2. The van der Waals surface area contributed by atoms with Crippen molar-refractivity contribution in [2.45, 2.75) is 24.9 Å². The zero-order chi connectivity index (χ0) is 23.9. The van der Waals surface area contributed by atoms with E-state index in [1.807, 2.05) is 83.9 Å². The first-order valence-electron chi connectivity index (χ1n) is 11.8. The molecule has 1 aliphatic heterocycles. The van der Waals surface area contributed by atoms with Gasteiger partial charge in [0.2, 0.25) is 5.91 Å². The Kier molecular flexibility index (Phi) is 5.53. The van der Waals surface area contributed by atoms with E-state index in [1.54, 1.807) is 4.90 Å². The first-order chi connectivity index (χ1) is 17.1. The first-order valence-corrected chi connectivity index (χ1v) is 12.6. The van der Waals surface area contributed by atoms with Gasteiger partial charge in [-0.2, -0.15) is 0 Å². The van der Waals surface area contributed by atoms with Gasteiger partial charge in [-0.25, -0.2) is 0 Å². The molecule has 0 saturated heterocycles. The Morgan fingerprint density at radius 3 is 2.34 bits per heavy atom. The largest absolute Gasteiger partial charge is 0.326 e. The van der Waals surface area contributed by atoms with E-state index in [1.165, 1.54) is 0 Å². The molecule has 0 spiro atoms. The highest BCUT2D eigenvalue weighted by Crippen LogP contribution is 2.42. The van der Waals surface area contributed by atoms with E-state index in [9.17, 15) is 9.59 Å². The third-order valence-corrected chi connectivity index (χ3v) is 7.22. The van der Waals surface area contributed by atoms with Crippen molar-refractivity contribution >= 4 is 33.4 Å². The summed E-state index contributed by atoms with van der Waals surface area (Å²) in [5, 5.41) is 0. The number of carbonyl (C=O) groups is 2. The summed E-state index contributed by atoms with van der Waals surface area (Å²) in [6, 6.07) is 29.3. The Morgan fingerprint density at radius 1 is 0.857 bits per heavy atom. The molecule has 0 radical (unpaired) electrons. The standard InChI is InChI=1S/C29H24BrN3O2/c30-22-11-6-10-21(18-22)29(35)32(23-15-16-23)19-27(34)33-25-13-5-4-12-24(25)31-17-7-14-26(31)28(33)20-8-2-1-3-9-20/h1-14,17-18,23,28H,15-16,19H2. The number of rotatable bonds is 5. The fourth-order valence-corrected chi connectivity index (χ4v) is 5.37. The third kappa shape index (κ3) is 3.98. The van der Waals surface area contributed by atoms with E-state index in [2.05, 4.69) is 38.7 Å². The van der Waals surface area contributed by atoms with Gasteiger partial charge in [0, 0.05) is 22.3 Å². The molecule has 1 saturated carbocycles. The van der Waals surface area contributed by atoms with E-state index >= 15 is 0 Å². The molecule has 2 amide bonds. The second-order valence-electron chi connectivity index (χ2n) is 9.04. The summed E-state index contributed by atoms with van der Waals surface area (Å²) in [5.41, 5.74) is 4.46. The summed E-state index contributed by atoms with van der Waals surface area (Å²) in [7, 11) is 0. The minimum absolute atomic E-state index is 0.0361. The number of anilines is 1. The maximum Gasteiger partial charge on any atom is 0.254 e. The maximum atomic E-state index is 14.1. The number of halogens is 1. The minimum atomic E-state index is -0.282. The molecule has 0 bridgehead atoms. The van der Waals surface area contributed by atoms with Crippen LogP contribution in [0.3, 0.4) is 0 Å². The van der Waals surface area contributed by atoms with Crippen LogP contribution in [-0.2, 0) is 4.79 Å². The monoisotopic (exact) mass is 525 g/mol. The van der Waals surface area contributed by atoms with Gasteiger partial charge in [0.1, 0.15) is 12.6 Å². The molecule has 1 fully saturated rings. The quantitative estimate of drug-likeness (QED) is 0.321. The average molecular weight is 526 g/mol. The van der Waals surface area contributed by atoms with Crippen LogP contribution in [0.1, 0.15) is 40.5 Å². The van der Waals surface area contributed by atoms with Crippen molar-refractivity contribution in [1.82, 2.24) is 9.47 Å². The number of carbonyl (C=O) groups excluding carboxylic acids is 2. The van der Waals surface area contributed by atoms with Gasteiger partial charge in [0.25, 0.3) is 5.91 Å². The van der Waals surface area contributed by atoms with Crippen molar-refractivity contribution in [3.05, 3.63) is 118 Å². The Morgan fingerprint density at radius 2 is 1.60 bits per heavy atom. The Balaban J connectivity index is 1.41. The highest BCUT2D eigenvalue weighted by molar-refractivity contribution is 9.10. The first kappa shape index (κ1) is 21.9. The molecular weight excluding hydrogens is 502 g/mol. The van der Waals surface area contributed by atoms with Gasteiger partial charge in [-0.3, -0.25) is 14.5 Å². The number of aromatic nitrogens is 1. The van der Waals surface area contributed by atoms with Crippen molar-refractivity contribution in [3.8, 4) is 5.69 Å². The molecule has 174 valence electrons. The summed E-state index contributed by atoms with van der Waals surface area (Å²) < 4.78 is 3.00. The molecule has 3 aromatic carbocycles. The Hall–Kier alpha value is -3.64. The predicted molar refractivity (Wildman–Crippen MR) is 140 cm³/mol. The normalized spacial score (nSPS) is 16.4. The van der Waals surface area contributed by atoms with Crippen LogP contribution in [-0.4, -0.2) is 33.9 Å². The summed E-state index contributed by atoms with van der Waals surface area (Å²) >= 11 is 3.46. The van der Waals surface area contributed by atoms with Crippen molar-refractivity contribution < 1.29 is 9.59 Å². The molecule has 1 atom stereocenters. The molecule has 6 heteroatoms. The number of fused-ring (bicyclic) bond motifs is 3. The number of nitrogens with zero attached hydrogens (tertiary/aromatic N) is 3. The van der Waals surface area contributed by atoms with Crippen LogP contribution in [0.15, 0.2) is 102 Å². The molecule has 1 aromatic heterocycles. The molecule has 4 aromatic rings. The summed E-state index contributed by atoms with van der Waals surface area (Å²) in [6.45, 7) is 0.0361. The second-order valence-corrected chi connectivity index (χ2v) is 9.96. The smallest absolute Gasteiger partial charge is 0.254 e. The van der Waals surface area contributed by atoms with E-state index in [4.69, 9.17) is 0 Å². The van der Waals surface area contributed by atoms with Crippen LogP contribution in [0.2, 0.25) is 0 Å². The maximum absolute atomic E-state index is 14.1. The van der Waals surface area contributed by atoms with E-state index < -0.39 is 0 Å². The van der Waals surface area contributed by atoms with Gasteiger partial charge in [0.05, 0.1) is 17.1 Å². The molecule has 35 heavy (non-hydrogen) atoms. The molecule has 6 rings (SSSR count). The van der Waals surface area contributed by atoms with Crippen molar-refractivity contribution in [1.29, 1.82) is 0 Å².